The van der Waals surface area contributed by atoms with Gasteiger partial charge in [0.05, 0.1) is 18.4 Å². The lowest BCUT2D eigenvalue weighted by Crippen LogP contribution is -2.30. The molecule has 1 aliphatic rings. The molecule has 7 heteroatoms. The van der Waals surface area contributed by atoms with Crippen LogP contribution < -0.4 is 5.32 Å². The minimum absolute atomic E-state index is 0.0983. The number of hydrogen-bond donors (Lipinski definition) is 2. The van der Waals surface area contributed by atoms with Gasteiger partial charge in [-0.25, -0.2) is 4.98 Å². The fourth-order valence-corrected chi connectivity index (χ4v) is 3.13. The second kappa shape index (κ2) is 7.74. The highest BCUT2D eigenvalue weighted by Crippen LogP contribution is 2.26. The van der Waals surface area contributed by atoms with Gasteiger partial charge in [0.1, 0.15) is 11.9 Å². The molecule has 1 saturated heterocycles. The van der Waals surface area contributed by atoms with Gasteiger partial charge >= 0.3 is 0 Å². The smallest absolute Gasteiger partial charge is 0.254 e. The number of hydrogen-bond acceptors (Lipinski definition) is 6. The van der Waals surface area contributed by atoms with E-state index < -0.39 is 6.10 Å². The molecule has 0 bridgehead atoms. The maximum absolute atomic E-state index is 12.2. The average molecular weight is 348 g/mol. The van der Waals surface area contributed by atoms with Crippen molar-refractivity contribution >= 4 is 22.4 Å². The molecule has 0 spiro atoms. The summed E-state index contributed by atoms with van der Waals surface area (Å²) in [4.78, 5) is 16.6. The van der Waals surface area contributed by atoms with Crippen LogP contribution in [0, 0.1) is 0 Å². The first-order chi connectivity index (χ1) is 11.6. The number of thiazole rings is 1. The number of anilines is 1. The zero-order valence-electron chi connectivity index (χ0n) is 13.4. The third kappa shape index (κ3) is 4.31. The number of amides is 1. The molecule has 24 heavy (non-hydrogen) atoms. The number of aromatic nitrogens is 1. The first kappa shape index (κ1) is 16.9. The molecule has 1 aliphatic heterocycles. The van der Waals surface area contributed by atoms with E-state index in [2.05, 4.69) is 10.3 Å². The van der Waals surface area contributed by atoms with Crippen molar-refractivity contribution in [3.63, 3.8) is 0 Å². The molecular weight excluding hydrogens is 328 g/mol. The number of phenolic OH excluding ortho intramolecular Hbond substituents is 1. The number of rotatable bonds is 6. The Morgan fingerprint density at radius 2 is 2.29 bits per heavy atom. The molecule has 1 amide bonds. The third-order valence-electron chi connectivity index (χ3n) is 3.82. The van der Waals surface area contributed by atoms with Gasteiger partial charge in [-0.2, -0.15) is 0 Å². The first-order valence-electron chi connectivity index (χ1n) is 7.91. The van der Waals surface area contributed by atoms with Crippen LogP contribution in [0.5, 0.6) is 5.75 Å². The predicted octanol–water partition coefficient (Wildman–Crippen LogP) is 3.04. The molecular formula is C17H20N2O4S. The Bertz CT molecular complexity index is 680. The van der Waals surface area contributed by atoms with E-state index in [0.717, 1.165) is 30.7 Å². The van der Waals surface area contributed by atoms with Crippen molar-refractivity contribution in [3.05, 3.63) is 29.6 Å². The summed E-state index contributed by atoms with van der Waals surface area (Å²) >= 11 is 1.35. The molecule has 0 unspecified atom stereocenters. The van der Waals surface area contributed by atoms with E-state index in [9.17, 15) is 9.90 Å². The maximum Gasteiger partial charge on any atom is 0.254 e. The van der Waals surface area contributed by atoms with Gasteiger partial charge < -0.3 is 14.6 Å². The fourth-order valence-electron chi connectivity index (χ4n) is 2.41. The lowest BCUT2D eigenvalue weighted by Gasteiger charge is -2.15. The van der Waals surface area contributed by atoms with Gasteiger partial charge in [0.25, 0.3) is 5.91 Å². The Balaban J connectivity index is 1.53. The van der Waals surface area contributed by atoms with E-state index in [1.54, 1.807) is 31.2 Å². The van der Waals surface area contributed by atoms with E-state index in [0.29, 0.717) is 11.7 Å². The summed E-state index contributed by atoms with van der Waals surface area (Å²) in [6.07, 6.45) is 1.57. The highest BCUT2D eigenvalue weighted by atomic mass is 32.1. The average Bonchev–Trinajstić information content (AvgIpc) is 3.25. The third-order valence-corrected chi connectivity index (χ3v) is 4.58. The molecule has 3 rings (SSSR count). The second-order valence-corrected chi connectivity index (χ2v) is 6.54. The molecule has 2 aromatic rings. The lowest BCUT2D eigenvalue weighted by atomic mass is 10.2. The Hall–Kier alpha value is -1.96. The van der Waals surface area contributed by atoms with E-state index in [-0.39, 0.29) is 17.8 Å². The van der Waals surface area contributed by atoms with Gasteiger partial charge in [-0.1, -0.05) is 0 Å². The van der Waals surface area contributed by atoms with Crippen molar-refractivity contribution in [2.45, 2.75) is 32.0 Å². The van der Waals surface area contributed by atoms with Crippen molar-refractivity contribution in [1.82, 2.24) is 4.98 Å². The summed E-state index contributed by atoms with van der Waals surface area (Å²) < 4.78 is 11.1. The minimum atomic E-state index is -0.560. The van der Waals surface area contributed by atoms with Crippen LogP contribution in [0.4, 0.5) is 5.13 Å². The van der Waals surface area contributed by atoms with Gasteiger partial charge in [0.2, 0.25) is 0 Å². The van der Waals surface area contributed by atoms with E-state index in [1.807, 2.05) is 5.38 Å². The number of carbonyl (C=O) groups excluding carboxylic acids is 1. The lowest BCUT2D eigenvalue weighted by molar-refractivity contribution is -0.128. The molecule has 2 atom stereocenters. The SMILES string of the molecule is C[C@H](OC[C@H]1CCCO1)C(=O)Nc1nc(-c2ccc(O)cc2)cs1. The van der Waals surface area contributed by atoms with Crippen LogP contribution in [-0.2, 0) is 14.3 Å². The molecule has 6 nitrogen and oxygen atoms in total. The summed E-state index contributed by atoms with van der Waals surface area (Å²) in [5.74, 6) is -0.0145. The molecule has 2 heterocycles. The van der Waals surface area contributed by atoms with Crippen molar-refractivity contribution in [1.29, 1.82) is 0 Å². The fraction of sp³-hybridized carbons (Fsp3) is 0.412. The number of phenols is 1. The second-order valence-electron chi connectivity index (χ2n) is 5.68. The normalized spacial score (nSPS) is 18.5. The topological polar surface area (TPSA) is 80.7 Å². The van der Waals surface area contributed by atoms with Gasteiger partial charge in [-0.3, -0.25) is 10.1 Å². The Morgan fingerprint density at radius 3 is 3.00 bits per heavy atom. The van der Waals surface area contributed by atoms with Crippen molar-refractivity contribution in [3.8, 4) is 17.0 Å². The van der Waals surface area contributed by atoms with Crippen LogP contribution in [0.15, 0.2) is 29.6 Å². The molecule has 2 N–H and O–H groups in total. The zero-order chi connectivity index (χ0) is 16.9. The van der Waals surface area contributed by atoms with Gasteiger partial charge in [-0.05, 0) is 44.0 Å². The van der Waals surface area contributed by atoms with Gasteiger partial charge in [-0.15, -0.1) is 11.3 Å². The number of aromatic hydroxyl groups is 1. The van der Waals surface area contributed by atoms with Crippen LogP contribution in [-0.4, -0.2) is 41.4 Å². The van der Waals surface area contributed by atoms with Gasteiger partial charge in [0, 0.05) is 17.6 Å². The first-order valence-corrected chi connectivity index (χ1v) is 8.79. The highest BCUT2D eigenvalue weighted by molar-refractivity contribution is 7.14. The van der Waals surface area contributed by atoms with Crippen LogP contribution in [0.3, 0.4) is 0 Å². The number of nitrogens with one attached hydrogen (secondary N) is 1. The minimum Gasteiger partial charge on any atom is -0.508 e. The maximum atomic E-state index is 12.2. The molecule has 1 aromatic heterocycles. The summed E-state index contributed by atoms with van der Waals surface area (Å²) in [5.41, 5.74) is 1.63. The molecule has 1 aromatic carbocycles. The zero-order valence-corrected chi connectivity index (χ0v) is 14.2. The van der Waals surface area contributed by atoms with Crippen LogP contribution in [0.1, 0.15) is 19.8 Å². The van der Waals surface area contributed by atoms with Crippen LogP contribution >= 0.6 is 11.3 Å². The Morgan fingerprint density at radius 1 is 1.50 bits per heavy atom. The van der Waals surface area contributed by atoms with Crippen molar-refractivity contribution in [2.75, 3.05) is 18.5 Å². The Kier molecular flexibility index (Phi) is 5.44. The standard InChI is InChI=1S/C17H20N2O4S/c1-11(23-9-14-3-2-8-22-14)16(21)19-17-18-15(10-24-17)12-4-6-13(20)7-5-12/h4-7,10-11,14,20H,2-3,8-9H2,1H3,(H,18,19,21)/t11-,14+/m0/s1. The summed E-state index contributed by atoms with van der Waals surface area (Å²) in [7, 11) is 0. The molecule has 0 radical (unpaired) electrons. The molecule has 1 fully saturated rings. The number of nitrogens with zero attached hydrogens (tertiary/aromatic N) is 1. The monoisotopic (exact) mass is 348 g/mol. The predicted molar refractivity (Wildman–Crippen MR) is 92.2 cm³/mol. The molecule has 0 aliphatic carbocycles. The largest absolute Gasteiger partial charge is 0.508 e. The Labute approximate surface area is 144 Å². The van der Waals surface area contributed by atoms with Crippen LogP contribution in [0.25, 0.3) is 11.3 Å². The van der Waals surface area contributed by atoms with E-state index in [1.165, 1.54) is 11.3 Å². The summed E-state index contributed by atoms with van der Waals surface area (Å²) in [6.45, 7) is 2.93. The molecule has 128 valence electrons. The number of benzene rings is 1. The van der Waals surface area contributed by atoms with Crippen LogP contribution in [0.2, 0.25) is 0 Å². The van der Waals surface area contributed by atoms with Crippen molar-refractivity contribution < 1.29 is 19.4 Å². The van der Waals surface area contributed by atoms with Gasteiger partial charge in [0.15, 0.2) is 5.13 Å². The highest BCUT2D eigenvalue weighted by Gasteiger charge is 2.20. The summed E-state index contributed by atoms with van der Waals surface area (Å²) in [6, 6.07) is 6.77. The van der Waals surface area contributed by atoms with E-state index >= 15 is 0 Å². The number of carbonyl (C=O) groups is 1. The van der Waals surface area contributed by atoms with E-state index in [4.69, 9.17) is 9.47 Å². The quantitative estimate of drug-likeness (QED) is 0.839. The number of ether oxygens (including phenoxy) is 2. The summed E-state index contributed by atoms with van der Waals surface area (Å²) in [5, 5.41) is 14.5. The van der Waals surface area contributed by atoms with Crippen molar-refractivity contribution in [2.24, 2.45) is 0 Å². The molecule has 0 saturated carbocycles.